The van der Waals surface area contributed by atoms with Crippen molar-refractivity contribution in [3.8, 4) is 0 Å². The third kappa shape index (κ3) is 4.53. The number of nitrogens with zero attached hydrogens (tertiary/aromatic N) is 1. The molecule has 0 spiro atoms. The molecule has 1 heterocycles. The van der Waals surface area contributed by atoms with Gasteiger partial charge in [0.05, 0.1) is 0 Å². The molecule has 21 heavy (non-hydrogen) atoms. The number of piperidine rings is 1. The highest BCUT2D eigenvalue weighted by atomic mass is 19.1. The van der Waals surface area contributed by atoms with Crippen LogP contribution in [0, 0.1) is 12.7 Å². The van der Waals surface area contributed by atoms with E-state index in [1.165, 1.54) is 18.9 Å². The van der Waals surface area contributed by atoms with E-state index in [1.54, 1.807) is 19.1 Å². The van der Waals surface area contributed by atoms with Crippen LogP contribution < -0.4 is 5.32 Å². The lowest BCUT2D eigenvalue weighted by Crippen LogP contribution is -2.44. The maximum absolute atomic E-state index is 13.2. The monoisotopic (exact) mass is 292 g/mol. The number of unbranched alkanes of at least 4 members (excludes halogenated alkanes) is 1. The number of hydrogen-bond donors (Lipinski definition) is 1. The van der Waals surface area contributed by atoms with E-state index >= 15 is 0 Å². The second-order valence-corrected chi connectivity index (χ2v) is 5.91. The molecule has 0 bridgehead atoms. The molecule has 1 saturated heterocycles. The van der Waals surface area contributed by atoms with Crippen molar-refractivity contribution in [1.82, 2.24) is 10.2 Å². The van der Waals surface area contributed by atoms with Gasteiger partial charge in [-0.25, -0.2) is 4.39 Å². The van der Waals surface area contributed by atoms with Crippen LogP contribution in [0.4, 0.5) is 4.39 Å². The number of nitrogens with one attached hydrogen (secondary N) is 1. The maximum Gasteiger partial charge on any atom is 0.251 e. The van der Waals surface area contributed by atoms with Gasteiger partial charge in [-0.3, -0.25) is 4.79 Å². The van der Waals surface area contributed by atoms with Crippen LogP contribution in [0.3, 0.4) is 0 Å². The molecule has 0 radical (unpaired) electrons. The van der Waals surface area contributed by atoms with Gasteiger partial charge in [-0.15, -0.1) is 0 Å². The fourth-order valence-corrected chi connectivity index (χ4v) is 2.74. The highest BCUT2D eigenvalue weighted by molar-refractivity contribution is 5.94. The summed E-state index contributed by atoms with van der Waals surface area (Å²) in [4.78, 5) is 14.6. The number of benzene rings is 1. The first-order chi connectivity index (χ1) is 10.1. The van der Waals surface area contributed by atoms with Crippen molar-refractivity contribution in [2.45, 2.75) is 45.6 Å². The second kappa shape index (κ2) is 7.55. The number of likely N-dealkylation sites (tertiary alicyclic amines) is 1. The summed E-state index contributed by atoms with van der Waals surface area (Å²) in [6, 6.07) is 4.76. The predicted octanol–water partition coefficient (Wildman–Crippen LogP) is 3.13. The van der Waals surface area contributed by atoms with E-state index in [1.807, 2.05) is 0 Å². The molecule has 0 aliphatic carbocycles. The Kier molecular flexibility index (Phi) is 5.74. The van der Waals surface area contributed by atoms with Gasteiger partial charge in [0, 0.05) is 24.7 Å². The van der Waals surface area contributed by atoms with Gasteiger partial charge in [-0.05, 0) is 56.5 Å². The summed E-state index contributed by atoms with van der Waals surface area (Å²) < 4.78 is 13.2. The Morgan fingerprint density at radius 3 is 2.71 bits per heavy atom. The van der Waals surface area contributed by atoms with E-state index in [9.17, 15) is 9.18 Å². The Morgan fingerprint density at radius 2 is 2.10 bits per heavy atom. The summed E-state index contributed by atoms with van der Waals surface area (Å²) in [7, 11) is 0. The number of hydrogen-bond acceptors (Lipinski definition) is 2. The first kappa shape index (κ1) is 16.0. The lowest BCUT2D eigenvalue weighted by atomic mass is 10.0. The average molecular weight is 292 g/mol. The van der Waals surface area contributed by atoms with Gasteiger partial charge in [0.2, 0.25) is 0 Å². The summed E-state index contributed by atoms with van der Waals surface area (Å²) >= 11 is 0. The van der Waals surface area contributed by atoms with Crippen molar-refractivity contribution in [1.29, 1.82) is 0 Å². The topological polar surface area (TPSA) is 32.3 Å². The average Bonchev–Trinajstić information content (AvgIpc) is 2.49. The normalized spacial score (nSPS) is 16.9. The minimum Gasteiger partial charge on any atom is -0.349 e. The van der Waals surface area contributed by atoms with Crippen LogP contribution in [0.25, 0.3) is 0 Å². The quantitative estimate of drug-likeness (QED) is 0.904. The standard InChI is InChI=1S/C17H25FN2O/c1-3-4-9-20-10-7-15(8-11-20)19-17(21)14-5-6-16(18)13(2)12-14/h5-6,12,15H,3-4,7-11H2,1-2H3,(H,19,21). The van der Waals surface area contributed by atoms with Crippen molar-refractivity contribution in [3.63, 3.8) is 0 Å². The number of aryl methyl sites for hydroxylation is 1. The molecule has 1 aliphatic heterocycles. The first-order valence-electron chi connectivity index (χ1n) is 7.89. The summed E-state index contributed by atoms with van der Waals surface area (Å²) in [6.45, 7) is 7.14. The van der Waals surface area contributed by atoms with Crippen LogP contribution in [0.15, 0.2) is 18.2 Å². The van der Waals surface area contributed by atoms with Gasteiger partial charge in [-0.2, -0.15) is 0 Å². The highest BCUT2D eigenvalue weighted by Gasteiger charge is 2.20. The van der Waals surface area contributed by atoms with Gasteiger partial charge in [0.15, 0.2) is 0 Å². The van der Waals surface area contributed by atoms with E-state index in [2.05, 4.69) is 17.1 Å². The Labute approximate surface area is 126 Å². The molecule has 116 valence electrons. The predicted molar refractivity (Wildman–Crippen MR) is 83.0 cm³/mol. The van der Waals surface area contributed by atoms with Gasteiger partial charge in [-0.1, -0.05) is 13.3 Å². The molecule has 1 aromatic rings. The van der Waals surface area contributed by atoms with Gasteiger partial charge < -0.3 is 10.2 Å². The van der Waals surface area contributed by atoms with Crippen molar-refractivity contribution in [3.05, 3.63) is 35.1 Å². The van der Waals surface area contributed by atoms with Crippen molar-refractivity contribution >= 4 is 5.91 Å². The third-order valence-electron chi connectivity index (χ3n) is 4.17. The van der Waals surface area contributed by atoms with Gasteiger partial charge in [0.1, 0.15) is 5.82 Å². The number of halogens is 1. The lowest BCUT2D eigenvalue weighted by Gasteiger charge is -2.32. The molecule has 0 saturated carbocycles. The van der Waals surface area contributed by atoms with Gasteiger partial charge in [0.25, 0.3) is 5.91 Å². The number of carbonyl (C=O) groups excluding carboxylic acids is 1. The van der Waals surface area contributed by atoms with Crippen molar-refractivity contribution in [2.24, 2.45) is 0 Å². The molecule has 1 N–H and O–H groups in total. The van der Waals surface area contributed by atoms with E-state index in [-0.39, 0.29) is 17.8 Å². The van der Waals surface area contributed by atoms with E-state index in [0.717, 1.165) is 32.5 Å². The molecule has 4 heteroatoms. The molecule has 2 rings (SSSR count). The van der Waals surface area contributed by atoms with Crippen molar-refractivity contribution in [2.75, 3.05) is 19.6 Å². The van der Waals surface area contributed by atoms with Crippen molar-refractivity contribution < 1.29 is 9.18 Å². The van der Waals surface area contributed by atoms with E-state index < -0.39 is 0 Å². The Bertz CT molecular complexity index is 482. The zero-order valence-electron chi connectivity index (χ0n) is 13.0. The minimum absolute atomic E-state index is 0.0925. The lowest BCUT2D eigenvalue weighted by molar-refractivity contribution is 0.0910. The smallest absolute Gasteiger partial charge is 0.251 e. The van der Waals surface area contributed by atoms with Crippen LogP contribution in [0.1, 0.15) is 48.5 Å². The summed E-state index contributed by atoms with van der Waals surface area (Å²) in [5.41, 5.74) is 1.05. The first-order valence-corrected chi connectivity index (χ1v) is 7.89. The summed E-state index contributed by atoms with van der Waals surface area (Å²) in [5.74, 6) is -0.360. The zero-order chi connectivity index (χ0) is 15.2. The van der Waals surface area contributed by atoms with E-state index in [0.29, 0.717) is 11.1 Å². The Hall–Kier alpha value is -1.42. The molecule has 1 amide bonds. The van der Waals surface area contributed by atoms with Crippen LogP contribution in [-0.4, -0.2) is 36.5 Å². The molecule has 0 aromatic heterocycles. The number of amides is 1. The van der Waals surface area contributed by atoms with Crippen LogP contribution >= 0.6 is 0 Å². The van der Waals surface area contributed by atoms with Crippen LogP contribution in [0.2, 0.25) is 0 Å². The van der Waals surface area contributed by atoms with E-state index in [4.69, 9.17) is 0 Å². The Morgan fingerprint density at radius 1 is 1.38 bits per heavy atom. The largest absolute Gasteiger partial charge is 0.349 e. The molecular weight excluding hydrogens is 267 g/mol. The van der Waals surface area contributed by atoms with Crippen LogP contribution in [0.5, 0.6) is 0 Å². The molecule has 3 nitrogen and oxygen atoms in total. The fourth-order valence-electron chi connectivity index (χ4n) is 2.74. The highest BCUT2D eigenvalue weighted by Crippen LogP contribution is 2.13. The summed E-state index contributed by atoms with van der Waals surface area (Å²) in [5, 5.41) is 3.07. The third-order valence-corrected chi connectivity index (χ3v) is 4.17. The SMILES string of the molecule is CCCCN1CCC(NC(=O)c2ccc(F)c(C)c2)CC1. The molecule has 0 unspecified atom stereocenters. The Balaban J connectivity index is 1.82. The minimum atomic E-state index is -0.268. The zero-order valence-corrected chi connectivity index (χ0v) is 13.0. The van der Waals surface area contributed by atoms with Crippen LogP contribution in [-0.2, 0) is 0 Å². The van der Waals surface area contributed by atoms with Gasteiger partial charge >= 0.3 is 0 Å². The molecule has 0 atom stereocenters. The number of carbonyl (C=O) groups is 1. The summed E-state index contributed by atoms with van der Waals surface area (Å²) in [6.07, 6.45) is 4.46. The maximum atomic E-state index is 13.2. The molecule has 1 aliphatic rings. The molecular formula is C17H25FN2O. The second-order valence-electron chi connectivity index (χ2n) is 5.91. The number of rotatable bonds is 5. The molecule has 1 fully saturated rings. The fraction of sp³-hybridized carbons (Fsp3) is 0.588. The molecule has 1 aromatic carbocycles.